The Bertz CT molecular complexity index is 604. The zero-order valence-electron chi connectivity index (χ0n) is 10.2. The van der Waals surface area contributed by atoms with Crippen molar-refractivity contribution in [3.63, 3.8) is 0 Å². The van der Waals surface area contributed by atoms with Crippen LogP contribution in [0.2, 0.25) is 10.0 Å². The molecular weight excluding hydrogens is 288 g/mol. The lowest BCUT2D eigenvalue weighted by Gasteiger charge is -2.20. The van der Waals surface area contributed by atoms with Crippen LogP contribution < -0.4 is 10.6 Å². The highest BCUT2D eigenvalue weighted by Gasteiger charge is 2.12. The first kappa shape index (κ1) is 13.9. The Labute approximate surface area is 120 Å². The molecule has 0 aliphatic carbocycles. The summed E-state index contributed by atoms with van der Waals surface area (Å²) in [5, 5.41) is 0.714. The Balaban J connectivity index is 2.25. The number of benzene rings is 1. The minimum Gasteiger partial charge on any atom is -0.382 e. The molecule has 6 heteroatoms. The zero-order valence-corrected chi connectivity index (χ0v) is 11.7. The summed E-state index contributed by atoms with van der Waals surface area (Å²) in [4.78, 5) is 5.92. The van der Waals surface area contributed by atoms with Crippen LogP contribution in [0.25, 0.3) is 0 Å². The molecule has 0 spiro atoms. The van der Waals surface area contributed by atoms with E-state index in [0.717, 1.165) is 5.56 Å². The van der Waals surface area contributed by atoms with Crippen LogP contribution in [0.5, 0.6) is 0 Å². The van der Waals surface area contributed by atoms with Crippen molar-refractivity contribution in [3.8, 4) is 0 Å². The number of pyridine rings is 1. The molecule has 2 N–H and O–H groups in total. The van der Waals surface area contributed by atoms with E-state index in [1.54, 1.807) is 24.1 Å². The molecule has 0 radical (unpaired) electrons. The van der Waals surface area contributed by atoms with Gasteiger partial charge >= 0.3 is 0 Å². The number of nitrogens with two attached hydrogens (primary N) is 1. The first-order valence-electron chi connectivity index (χ1n) is 5.54. The van der Waals surface area contributed by atoms with Gasteiger partial charge in [-0.05, 0) is 23.8 Å². The Morgan fingerprint density at radius 1 is 1.26 bits per heavy atom. The smallest absolute Gasteiger partial charge is 0.149 e. The highest BCUT2D eigenvalue weighted by atomic mass is 35.5. The molecular formula is C13H12Cl2FN3. The number of nitrogen functional groups attached to an aromatic ring is 1. The van der Waals surface area contributed by atoms with Gasteiger partial charge in [0.2, 0.25) is 0 Å². The average molecular weight is 300 g/mol. The summed E-state index contributed by atoms with van der Waals surface area (Å²) < 4.78 is 13.1. The maximum atomic E-state index is 13.1. The van der Waals surface area contributed by atoms with Crippen LogP contribution >= 0.6 is 23.2 Å². The van der Waals surface area contributed by atoms with Gasteiger partial charge < -0.3 is 10.6 Å². The molecule has 0 saturated carbocycles. The second-order valence-electron chi connectivity index (χ2n) is 4.15. The molecule has 2 aromatic rings. The molecule has 0 atom stereocenters. The van der Waals surface area contributed by atoms with E-state index < -0.39 is 0 Å². The lowest BCUT2D eigenvalue weighted by atomic mass is 10.2. The number of aromatic nitrogens is 1. The summed E-state index contributed by atoms with van der Waals surface area (Å²) >= 11 is 11.9. The summed E-state index contributed by atoms with van der Waals surface area (Å²) in [6.07, 6.45) is 0. The van der Waals surface area contributed by atoms with Gasteiger partial charge in [0.05, 0.1) is 10.0 Å². The van der Waals surface area contributed by atoms with E-state index in [0.29, 0.717) is 22.4 Å². The van der Waals surface area contributed by atoms with E-state index in [2.05, 4.69) is 4.98 Å². The predicted octanol–water partition coefficient (Wildman–Crippen LogP) is 3.75. The van der Waals surface area contributed by atoms with Gasteiger partial charge in [-0.1, -0.05) is 35.3 Å². The fourth-order valence-electron chi connectivity index (χ4n) is 1.72. The molecule has 1 heterocycles. The Morgan fingerprint density at radius 3 is 2.68 bits per heavy atom. The largest absolute Gasteiger partial charge is 0.382 e. The van der Waals surface area contributed by atoms with E-state index >= 15 is 0 Å². The van der Waals surface area contributed by atoms with E-state index in [9.17, 15) is 4.39 Å². The molecule has 0 unspecified atom stereocenters. The average Bonchev–Trinajstić information content (AvgIpc) is 2.33. The van der Waals surface area contributed by atoms with Gasteiger partial charge in [0.15, 0.2) is 0 Å². The Kier molecular flexibility index (Phi) is 4.12. The molecule has 2 rings (SSSR count). The standard InChI is InChI=1S/C13H12Cl2FN3/c1-19(7-8-3-2-4-9(16)5-8)13-11(15)6-10(14)12(17)18-13/h2-6H,7H2,1H3,(H2,17,18). The van der Waals surface area contributed by atoms with E-state index in [4.69, 9.17) is 28.9 Å². The van der Waals surface area contributed by atoms with Crippen molar-refractivity contribution in [2.75, 3.05) is 17.7 Å². The maximum Gasteiger partial charge on any atom is 0.149 e. The quantitative estimate of drug-likeness (QED) is 0.938. The molecule has 19 heavy (non-hydrogen) atoms. The number of nitrogens with zero attached hydrogens (tertiary/aromatic N) is 2. The molecule has 1 aromatic heterocycles. The van der Waals surface area contributed by atoms with Crippen LogP contribution in [-0.2, 0) is 6.54 Å². The third kappa shape index (κ3) is 3.28. The third-order valence-corrected chi connectivity index (χ3v) is 3.19. The van der Waals surface area contributed by atoms with Crippen molar-refractivity contribution in [3.05, 3.63) is 51.8 Å². The van der Waals surface area contributed by atoms with Crippen molar-refractivity contribution in [1.29, 1.82) is 0 Å². The summed E-state index contributed by atoms with van der Waals surface area (Å²) in [7, 11) is 1.80. The van der Waals surface area contributed by atoms with Crippen molar-refractivity contribution >= 4 is 34.8 Å². The van der Waals surface area contributed by atoms with Crippen LogP contribution in [-0.4, -0.2) is 12.0 Å². The number of anilines is 2. The molecule has 0 aliphatic heterocycles. The summed E-state index contributed by atoms with van der Waals surface area (Å²) in [5.74, 6) is 0.445. The number of halogens is 3. The summed E-state index contributed by atoms with van der Waals surface area (Å²) in [5.41, 5.74) is 6.47. The van der Waals surface area contributed by atoms with E-state index in [1.807, 2.05) is 6.07 Å². The number of hydrogen-bond acceptors (Lipinski definition) is 3. The van der Waals surface area contributed by atoms with Gasteiger partial charge in [-0.15, -0.1) is 0 Å². The number of hydrogen-bond donors (Lipinski definition) is 1. The van der Waals surface area contributed by atoms with E-state index in [1.165, 1.54) is 12.1 Å². The van der Waals surface area contributed by atoms with Gasteiger partial charge in [0.25, 0.3) is 0 Å². The highest BCUT2D eigenvalue weighted by molar-refractivity contribution is 6.37. The summed E-state index contributed by atoms with van der Waals surface area (Å²) in [6.45, 7) is 0.464. The van der Waals surface area contributed by atoms with Gasteiger partial charge in [-0.25, -0.2) is 9.37 Å². The molecule has 0 fully saturated rings. The van der Waals surface area contributed by atoms with Gasteiger partial charge in [0.1, 0.15) is 17.5 Å². The molecule has 100 valence electrons. The molecule has 0 saturated heterocycles. The third-order valence-electron chi connectivity index (χ3n) is 2.61. The van der Waals surface area contributed by atoms with Gasteiger partial charge in [0, 0.05) is 13.6 Å². The van der Waals surface area contributed by atoms with Crippen LogP contribution in [0.3, 0.4) is 0 Å². The fraction of sp³-hybridized carbons (Fsp3) is 0.154. The first-order chi connectivity index (χ1) is 8.97. The van der Waals surface area contributed by atoms with E-state index in [-0.39, 0.29) is 11.6 Å². The zero-order chi connectivity index (χ0) is 14.0. The SMILES string of the molecule is CN(Cc1cccc(F)c1)c1nc(N)c(Cl)cc1Cl. The normalized spacial score (nSPS) is 10.5. The molecule has 3 nitrogen and oxygen atoms in total. The number of rotatable bonds is 3. The Hall–Kier alpha value is -1.52. The van der Waals surface area contributed by atoms with Crippen molar-refractivity contribution in [2.24, 2.45) is 0 Å². The van der Waals surface area contributed by atoms with Crippen molar-refractivity contribution < 1.29 is 4.39 Å². The molecule has 0 aliphatic rings. The van der Waals surface area contributed by atoms with Crippen LogP contribution in [0, 0.1) is 5.82 Å². The second-order valence-corrected chi connectivity index (χ2v) is 4.96. The van der Waals surface area contributed by atoms with Crippen LogP contribution in [0.15, 0.2) is 30.3 Å². The fourth-order valence-corrected chi connectivity index (χ4v) is 2.23. The van der Waals surface area contributed by atoms with Crippen molar-refractivity contribution in [2.45, 2.75) is 6.54 Å². The predicted molar refractivity (Wildman–Crippen MR) is 77.2 cm³/mol. The molecule has 0 amide bonds. The molecule has 0 bridgehead atoms. The topological polar surface area (TPSA) is 42.2 Å². The first-order valence-corrected chi connectivity index (χ1v) is 6.30. The second kappa shape index (κ2) is 5.63. The Morgan fingerprint density at radius 2 is 2.00 bits per heavy atom. The van der Waals surface area contributed by atoms with Gasteiger partial charge in [-0.3, -0.25) is 0 Å². The minimum absolute atomic E-state index is 0.215. The minimum atomic E-state index is -0.277. The van der Waals surface area contributed by atoms with Crippen molar-refractivity contribution in [1.82, 2.24) is 4.98 Å². The lowest BCUT2D eigenvalue weighted by Crippen LogP contribution is -2.18. The lowest BCUT2D eigenvalue weighted by molar-refractivity contribution is 0.625. The highest BCUT2D eigenvalue weighted by Crippen LogP contribution is 2.30. The van der Waals surface area contributed by atoms with Gasteiger partial charge in [-0.2, -0.15) is 0 Å². The summed E-state index contributed by atoms with van der Waals surface area (Å²) in [6, 6.07) is 7.89. The maximum absolute atomic E-state index is 13.1. The van der Waals surface area contributed by atoms with Crippen LogP contribution in [0.4, 0.5) is 16.0 Å². The van der Waals surface area contributed by atoms with Crippen LogP contribution in [0.1, 0.15) is 5.56 Å². The molecule has 1 aromatic carbocycles. The monoisotopic (exact) mass is 299 g/mol.